The first-order valence-electron chi connectivity index (χ1n) is 6.90. The van der Waals surface area contributed by atoms with Gasteiger partial charge >= 0.3 is 0 Å². The van der Waals surface area contributed by atoms with Crippen LogP contribution in [0.1, 0.15) is 20.7 Å². The Hall–Kier alpha value is -3.82. The van der Waals surface area contributed by atoms with Gasteiger partial charge in [0.15, 0.2) is 0 Å². The van der Waals surface area contributed by atoms with E-state index in [-0.39, 0.29) is 17.2 Å². The van der Waals surface area contributed by atoms with Gasteiger partial charge in [0.2, 0.25) is 0 Å². The molecule has 2 aromatic carbocycles. The summed E-state index contributed by atoms with van der Waals surface area (Å²) in [6, 6.07) is 8.69. The van der Waals surface area contributed by atoms with Crippen LogP contribution in [0.3, 0.4) is 0 Å². The van der Waals surface area contributed by atoms with Crippen molar-refractivity contribution in [1.82, 2.24) is 5.32 Å². The number of carbonyl (C=O) groups excluding carboxylic acids is 2. The molecule has 0 aliphatic heterocycles. The fourth-order valence-corrected chi connectivity index (χ4v) is 2.06. The molecule has 128 valence electrons. The number of hydrogen-bond donors (Lipinski definition) is 2. The molecule has 0 atom stereocenters. The van der Waals surface area contributed by atoms with Crippen LogP contribution in [0.4, 0.5) is 17.1 Å². The molecule has 0 saturated carbocycles. The summed E-state index contributed by atoms with van der Waals surface area (Å²) >= 11 is 0. The first kappa shape index (κ1) is 17.5. The summed E-state index contributed by atoms with van der Waals surface area (Å²) in [4.78, 5) is 44.0. The average molecular weight is 344 g/mol. The van der Waals surface area contributed by atoms with Crippen LogP contribution in [0.15, 0.2) is 42.5 Å². The predicted molar refractivity (Wildman–Crippen MR) is 87.5 cm³/mol. The van der Waals surface area contributed by atoms with Crippen molar-refractivity contribution in [2.24, 2.45) is 0 Å². The molecule has 0 saturated heterocycles. The minimum Gasteiger partial charge on any atom is -0.355 e. The molecular weight excluding hydrogens is 332 g/mol. The van der Waals surface area contributed by atoms with E-state index in [1.165, 1.54) is 31.3 Å². The molecule has 2 N–H and O–H groups in total. The molecule has 0 heterocycles. The molecule has 2 rings (SSSR count). The molecule has 0 aliphatic carbocycles. The third kappa shape index (κ3) is 3.93. The molecule has 10 nitrogen and oxygen atoms in total. The molecule has 0 unspecified atom stereocenters. The van der Waals surface area contributed by atoms with E-state index in [1.54, 1.807) is 0 Å². The van der Waals surface area contributed by atoms with E-state index in [2.05, 4.69) is 10.6 Å². The molecule has 0 fully saturated rings. The Morgan fingerprint density at radius 3 is 2.28 bits per heavy atom. The maximum atomic E-state index is 12.3. The number of rotatable bonds is 5. The molecule has 2 amide bonds. The van der Waals surface area contributed by atoms with E-state index in [4.69, 9.17) is 0 Å². The van der Waals surface area contributed by atoms with Crippen LogP contribution >= 0.6 is 0 Å². The lowest BCUT2D eigenvalue weighted by atomic mass is 10.1. The molecule has 0 radical (unpaired) electrons. The van der Waals surface area contributed by atoms with Gasteiger partial charge in [0, 0.05) is 24.4 Å². The fourth-order valence-electron chi connectivity index (χ4n) is 2.06. The van der Waals surface area contributed by atoms with E-state index in [1.807, 2.05) is 0 Å². The first-order valence-corrected chi connectivity index (χ1v) is 6.90. The lowest BCUT2D eigenvalue weighted by Gasteiger charge is -2.07. The maximum absolute atomic E-state index is 12.3. The number of amides is 2. The van der Waals surface area contributed by atoms with Crippen LogP contribution in [0.5, 0.6) is 0 Å². The number of benzene rings is 2. The zero-order chi connectivity index (χ0) is 18.6. The topological polar surface area (TPSA) is 144 Å². The third-order valence-electron chi connectivity index (χ3n) is 3.24. The third-order valence-corrected chi connectivity index (χ3v) is 3.24. The van der Waals surface area contributed by atoms with Gasteiger partial charge in [0.25, 0.3) is 23.2 Å². The van der Waals surface area contributed by atoms with Gasteiger partial charge in [-0.1, -0.05) is 6.07 Å². The van der Waals surface area contributed by atoms with Crippen molar-refractivity contribution in [3.05, 3.63) is 73.8 Å². The first-order chi connectivity index (χ1) is 11.8. The molecular formula is C15H12N4O6. The maximum Gasteiger partial charge on any atom is 0.289 e. The highest BCUT2D eigenvalue weighted by Gasteiger charge is 2.24. The van der Waals surface area contributed by atoms with Gasteiger partial charge in [-0.25, -0.2) is 0 Å². The minimum absolute atomic E-state index is 0.249. The summed E-state index contributed by atoms with van der Waals surface area (Å²) in [5.74, 6) is -1.19. The van der Waals surface area contributed by atoms with Gasteiger partial charge in [0.1, 0.15) is 5.56 Å². The average Bonchev–Trinajstić information content (AvgIpc) is 2.60. The molecule has 0 aromatic heterocycles. The molecule has 0 spiro atoms. The molecule has 10 heteroatoms. The van der Waals surface area contributed by atoms with Crippen LogP contribution < -0.4 is 10.6 Å². The highest BCUT2D eigenvalue weighted by atomic mass is 16.6. The number of hydrogen-bond acceptors (Lipinski definition) is 6. The zero-order valence-corrected chi connectivity index (χ0v) is 12.9. The van der Waals surface area contributed by atoms with Gasteiger partial charge in [-0.05, 0) is 24.3 Å². The summed E-state index contributed by atoms with van der Waals surface area (Å²) in [6.45, 7) is 0. The van der Waals surface area contributed by atoms with E-state index < -0.39 is 27.1 Å². The number of nitrogens with one attached hydrogen (secondary N) is 2. The second kappa shape index (κ2) is 7.17. The van der Waals surface area contributed by atoms with Crippen LogP contribution in [-0.2, 0) is 0 Å². The van der Waals surface area contributed by atoms with Gasteiger partial charge in [0.05, 0.1) is 15.9 Å². The summed E-state index contributed by atoms with van der Waals surface area (Å²) in [5.41, 5.74) is -0.975. The smallest absolute Gasteiger partial charge is 0.289 e. The Morgan fingerprint density at radius 1 is 0.960 bits per heavy atom. The van der Waals surface area contributed by atoms with Crippen molar-refractivity contribution in [2.45, 2.75) is 0 Å². The van der Waals surface area contributed by atoms with Crippen molar-refractivity contribution >= 4 is 28.9 Å². The van der Waals surface area contributed by atoms with E-state index >= 15 is 0 Å². The summed E-state index contributed by atoms with van der Waals surface area (Å²) in [5, 5.41) is 26.7. The molecule has 2 aromatic rings. The Morgan fingerprint density at radius 2 is 1.68 bits per heavy atom. The van der Waals surface area contributed by atoms with Crippen molar-refractivity contribution < 1.29 is 19.4 Å². The summed E-state index contributed by atoms with van der Waals surface area (Å²) in [6.07, 6.45) is 0. The number of anilines is 1. The predicted octanol–water partition coefficient (Wildman–Crippen LogP) is 2.11. The number of nitro benzene ring substituents is 2. The fraction of sp³-hybridized carbons (Fsp3) is 0.0667. The lowest BCUT2D eigenvalue weighted by Crippen LogP contribution is -2.18. The number of nitrogens with zero attached hydrogens (tertiary/aromatic N) is 2. The summed E-state index contributed by atoms with van der Waals surface area (Å²) < 4.78 is 0. The van der Waals surface area contributed by atoms with Crippen molar-refractivity contribution in [1.29, 1.82) is 0 Å². The van der Waals surface area contributed by atoms with E-state index in [9.17, 15) is 29.8 Å². The Balaban J connectivity index is 2.34. The minimum atomic E-state index is -0.872. The largest absolute Gasteiger partial charge is 0.355 e. The Kier molecular flexibility index (Phi) is 5.03. The molecule has 0 bridgehead atoms. The second-order valence-electron chi connectivity index (χ2n) is 4.83. The standard InChI is InChI=1S/C15H12N4O6/c1-16-14(20)9-3-2-4-10(7-9)17-15(21)12-6-5-11(18(22)23)8-13(12)19(24)25/h2-8H,1H3,(H,16,20)(H,17,21). The quantitative estimate of drug-likeness (QED) is 0.627. The number of non-ortho nitro benzene ring substituents is 1. The van der Waals surface area contributed by atoms with E-state index in [0.717, 1.165) is 18.2 Å². The number of nitro groups is 2. The highest BCUT2D eigenvalue weighted by molar-refractivity contribution is 6.07. The Bertz CT molecular complexity index is 880. The van der Waals surface area contributed by atoms with Crippen molar-refractivity contribution in [2.75, 3.05) is 12.4 Å². The number of carbonyl (C=O) groups is 2. The van der Waals surface area contributed by atoms with Crippen molar-refractivity contribution in [3.8, 4) is 0 Å². The monoisotopic (exact) mass is 344 g/mol. The van der Waals surface area contributed by atoms with Gasteiger partial charge in [-0.2, -0.15) is 0 Å². The lowest BCUT2D eigenvalue weighted by molar-refractivity contribution is -0.394. The van der Waals surface area contributed by atoms with Crippen LogP contribution in [0.2, 0.25) is 0 Å². The zero-order valence-electron chi connectivity index (χ0n) is 12.9. The van der Waals surface area contributed by atoms with Crippen LogP contribution in [0, 0.1) is 20.2 Å². The molecule has 25 heavy (non-hydrogen) atoms. The van der Waals surface area contributed by atoms with Gasteiger partial charge < -0.3 is 10.6 Å². The van der Waals surface area contributed by atoms with Gasteiger partial charge in [-0.15, -0.1) is 0 Å². The van der Waals surface area contributed by atoms with Crippen LogP contribution in [-0.4, -0.2) is 28.7 Å². The SMILES string of the molecule is CNC(=O)c1cccc(NC(=O)c2ccc([N+](=O)[O-])cc2[N+](=O)[O-])c1. The second-order valence-corrected chi connectivity index (χ2v) is 4.83. The molecule has 0 aliphatic rings. The van der Waals surface area contributed by atoms with Crippen LogP contribution in [0.25, 0.3) is 0 Å². The Labute approximate surface area is 140 Å². The van der Waals surface area contributed by atoms with E-state index in [0.29, 0.717) is 5.56 Å². The normalized spacial score (nSPS) is 9.96. The van der Waals surface area contributed by atoms with Gasteiger partial charge in [-0.3, -0.25) is 29.8 Å². The summed E-state index contributed by atoms with van der Waals surface area (Å²) in [7, 11) is 1.45. The highest BCUT2D eigenvalue weighted by Crippen LogP contribution is 2.25. The van der Waals surface area contributed by atoms with Crippen molar-refractivity contribution in [3.63, 3.8) is 0 Å².